The summed E-state index contributed by atoms with van der Waals surface area (Å²) in [5.41, 5.74) is 0. The molecule has 3 amide bonds. The van der Waals surface area contributed by atoms with Gasteiger partial charge in [-0.1, -0.05) is 6.92 Å². The predicted octanol–water partition coefficient (Wildman–Crippen LogP) is -0.422. The Morgan fingerprint density at radius 3 is 2.22 bits per heavy atom. The van der Waals surface area contributed by atoms with Crippen LogP contribution < -0.4 is 16.0 Å². The van der Waals surface area contributed by atoms with E-state index >= 15 is 0 Å². The van der Waals surface area contributed by atoms with E-state index in [1.54, 1.807) is 0 Å². The molecule has 0 saturated carbocycles. The smallest absolute Gasteiger partial charge is 0.245 e. The molecule has 0 rings (SSSR count). The molecule has 8 heteroatoms. The molecule has 0 aromatic heterocycles. The van der Waals surface area contributed by atoms with Gasteiger partial charge in [0.15, 0.2) is 0 Å². The number of hydrogen-bond acceptors (Lipinski definition) is 5. The van der Waals surface area contributed by atoms with E-state index in [-0.39, 0.29) is 24.3 Å². The first-order chi connectivity index (χ1) is 11.1. The molecule has 0 atom stereocenters. The van der Waals surface area contributed by atoms with E-state index in [0.29, 0.717) is 52.3 Å². The molecule has 0 aliphatic carbocycles. The Labute approximate surface area is 137 Å². The van der Waals surface area contributed by atoms with Gasteiger partial charge in [0, 0.05) is 33.0 Å². The fourth-order valence-electron chi connectivity index (χ4n) is 1.56. The van der Waals surface area contributed by atoms with E-state index in [4.69, 9.17) is 9.47 Å². The summed E-state index contributed by atoms with van der Waals surface area (Å²) in [5.74, 6) is -0.287. The van der Waals surface area contributed by atoms with Crippen LogP contribution in [-0.4, -0.2) is 63.8 Å². The van der Waals surface area contributed by atoms with Gasteiger partial charge in [-0.05, 0) is 12.8 Å². The van der Waals surface area contributed by atoms with Gasteiger partial charge in [0.2, 0.25) is 17.7 Å². The number of carbonyl (C=O) groups excluding carboxylic acids is 3. The monoisotopic (exact) mass is 331 g/mol. The highest BCUT2D eigenvalue weighted by Gasteiger charge is 2.01. The van der Waals surface area contributed by atoms with Gasteiger partial charge in [-0.3, -0.25) is 14.4 Å². The SMILES string of the molecule is CCCNC(=O)COCCOCCNC(=O)CCCNC(C)=O. The lowest BCUT2D eigenvalue weighted by Gasteiger charge is -2.08. The van der Waals surface area contributed by atoms with Crippen LogP contribution in [0.3, 0.4) is 0 Å². The minimum atomic E-state index is -0.127. The van der Waals surface area contributed by atoms with Crippen LogP contribution in [0.25, 0.3) is 0 Å². The van der Waals surface area contributed by atoms with Crippen molar-refractivity contribution in [1.82, 2.24) is 16.0 Å². The molecule has 0 bridgehead atoms. The fourth-order valence-corrected chi connectivity index (χ4v) is 1.56. The molecule has 23 heavy (non-hydrogen) atoms. The summed E-state index contributed by atoms with van der Waals surface area (Å²) >= 11 is 0. The lowest BCUT2D eigenvalue weighted by molar-refractivity contribution is -0.126. The molecule has 0 heterocycles. The van der Waals surface area contributed by atoms with E-state index in [1.165, 1.54) is 6.92 Å². The van der Waals surface area contributed by atoms with Gasteiger partial charge in [-0.2, -0.15) is 0 Å². The largest absolute Gasteiger partial charge is 0.377 e. The Hall–Kier alpha value is -1.67. The Kier molecular flexibility index (Phi) is 14.1. The number of ether oxygens (including phenoxy) is 2. The first-order valence-electron chi connectivity index (χ1n) is 7.99. The molecule has 0 fully saturated rings. The molecular formula is C15H29N3O5. The first kappa shape index (κ1) is 21.3. The van der Waals surface area contributed by atoms with Crippen molar-refractivity contribution in [3.05, 3.63) is 0 Å². The third-order valence-corrected chi connectivity index (χ3v) is 2.70. The Balaban J connectivity index is 3.27. The number of rotatable bonds is 14. The number of hydrogen-bond donors (Lipinski definition) is 3. The highest BCUT2D eigenvalue weighted by molar-refractivity contribution is 5.77. The number of carbonyl (C=O) groups is 3. The average molecular weight is 331 g/mol. The molecule has 0 aromatic rings. The zero-order chi connectivity index (χ0) is 17.3. The Morgan fingerprint density at radius 1 is 0.826 bits per heavy atom. The molecule has 0 aromatic carbocycles. The van der Waals surface area contributed by atoms with Crippen molar-refractivity contribution in [2.24, 2.45) is 0 Å². The third-order valence-electron chi connectivity index (χ3n) is 2.70. The molecule has 3 N–H and O–H groups in total. The number of amides is 3. The maximum Gasteiger partial charge on any atom is 0.245 e. The van der Waals surface area contributed by atoms with Gasteiger partial charge < -0.3 is 25.4 Å². The van der Waals surface area contributed by atoms with Crippen molar-refractivity contribution in [3.63, 3.8) is 0 Å². The maximum absolute atomic E-state index is 11.4. The van der Waals surface area contributed by atoms with Crippen molar-refractivity contribution in [3.8, 4) is 0 Å². The molecule has 0 spiro atoms. The van der Waals surface area contributed by atoms with Gasteiger partial charge >= 0.3 is 0 Å². The van der Waals surface area contributed by atoms with Crippen molar-refractivity contribution in [2.45, 2.75) is 33.1 Å². The Bertz CT molecular complexity index is 350. The van der Waals surface area contributed by atoms with E-state index in [2.05, 4.69) is 16.0 Å². The van der Waals surface area contributed by atoms with Gasteiger partial charge in [-0.25, -0.2) is 0 Å². The highest BCUT2D eigenvalue weighted by atomic mass is 16.5. The lowest BCUT2D eigenvalue weighted by Crippen LogP contribution is -2.29. The predicted molar refractivity (Wildman–Crippen MR) is 85.9 cm³/mol. The summed E-state index contributed by atoms with van der Waals surface area (Å²) in [7, 11) is 0. The van der Waals surface area contributed by atoms with Crippen LogP contribution >= 0.6 is 0 Å². The molecule has 0 aliphatic rings. The molecule has 0 aliphatic heterocycles. The lowest BCUT2D eigenvalue weighted by atomic mass is 10.3. The topological polar surface area (TPSA) is 106 Å². The molecule has 8 nitrogen and oxygen atoms in total. The maximum atomic E-state index is 11.4. The van der Waals surface area contributed by atoms with Crippen LogP contribution in [0.2, 0.25) is 0 Å². The van der Waals surface area contributed by atoms with Crippen molar-refractivity contribution in [2.75, 3.05) is 46.1 Å². The standard InChI is InChI=1S/C15H29N3O5/c1-3-6-17-15(21)12-23-11-10-22-9-8-18-14(20)5-4-7-16-13(2)19/h3-12H2,1-2H3,(H,16,19)(H,17,21)(H,18,20). The second-order valence-electron chi connectivity index (χ2n) is 4.95. The van der Waals surface area contributed by atoms with E-state index in [9.17, 15) is 14.4 Å². The summed E-state index contributed by atoms with van der Waals surface area (Å²) in [6.07, 6.45) is 1.88. The van der Waals surface area contributed by atoms with Gasteiger partial charge in [0.25, 0.3) is 0 Å². The second kappa shape index (κ2) is 15.2. The molecule has 0 unspecified atom stereocenters. The average Bonchev–Trinajstić information content (AvgIpc) is 2.51. The first-order valence-corrected chi connectivity index (χ1v) is 7.99. The zero-order valence-electron chi connectivity index (χ0n) is 14.1. The summed E-state index contributed by atoms with van der Waals surface area (Å²) in [4.78, 5) is 33.3. The van der Waals surface area contributed by atoms with Crippen LogP contribution in [0.15, 0.2) is 0 Å². The minimum Gasteiger partial charge on any atom is -0.377 e. The second-order valence-corrected chi connectivity index (χ2v) is 4.95. The van der Waals surface area contributed by atoms with Crippen LogP contribution in [0.4, 0.5) is 0 Å². The molecule has 0 radical (unpaired) electrons. The highest BCUT2D eigenvalue weighted by Crippen LogP contribution is 1.87. The van der Waals surface area contributed by atoms with Crippen molar-refractivity contribution in [1.29, 1.82) is 0 Å². The fraction of sp³-hybridized carbons (Fsp3) is 0.800. The minimum absolute atomic E-state index is 0.0361. The molecule has 134 valence electrons. The summed E-state index contributed by atoms with van der Waals surface area (Å²) in [5, 5.41) is 8.06. The van der Waals surface area contributed by atoms with E-state index < -0.39 is 0 Å². The van der Waals surface area contributed by atoms with Gasteiger partial charge in [0.1, 0.15) is 6.61 Å². The summed E-state index contributed by atoms with van der Waals surface area (Å²) in [6.45, 7) is 6.15. The summed E-state index contributed by atoms with van der Waals surface area (Å²) in [6, 6.07) is 0. The van der Waals surface area contributed by atoms with E-state index in [0.717, 1.165) is 6.42 Å². The van der Waals surface area contributed by atoms with Crippen molar-refractivity contribution < 1.29 is 23.9 Å². The zero-order valence-corrected chi connectivity index (χ0v) is 14.1. The molecular weight excluding hydrogens is 302 g/mol. The summed E-state index contributed by atoms with van der Waals surface area (Å²) < 4.78 is 10.4. The van der Waals surface area contributed by atoms with Crippen LogP contribution in [-0.2, 0) is 23.9 Å². The molecule has 0 saturated heterocycles. The van der Waals surface area contributed by atoms with Gasteiger partial charge in [0.05, 0.1) is 19.8 Å². The van der Waals surface area contributed by atoms with Gasteiger partial charge in [-0.15, -0.1) is 0 Å². The van der Waals surface area contributed by atoms with Crippen LogP contribution in [0, 0.1) is 0 Å². The normalized spacial score (nSPS) is 10.2. The number of nitrogens with one attached hydrogen (secondary N) is 3. The van der Waals surface area contributed by atoms with E-state index in [1.807, 2.05) is 6.92 Å². The Morgan fingerprint density at radius 2 is 1.52 bits per heavy atom. The third kappa shape index (κ3) is 16.5. The quantitative estimate of drug-likeness (QED) is 0.375. The van der Waals surface area contributed by atoms with Crippen LogP contribution in [0.5, 0.6) is 0 Å². The van der Waals surface area contributed by atoms with Crippen LogP contribution in [0.1, 0.15) is 33.1 Å². The van der Waals surface area contributed by atoms with Crippen molar-refractivity contribution >= 4 is 17.7 Å².